The first-order valence-electron chi connectivity index (χ1n) is 8.49. The lowest BCUT2D eigenvalue weighted by molar-refractivity contribution is 0.0907. The summed E-state index contributed by atoms with van der Waals surface area (Å²) in [4.78, 5) is 14.9. The third-order valence-electron chi connectivity index (χ3n) is 4.62. The van der Waals surface area contributed by atoms with E-state index in [1.165, 1.54) is 12.8 Å². The normalized spacial score (nSPS) is 21.3. The highest BCUT2D eigenvalue weighted by molar-refractivity contribution is 6.00. The van der Waals surface area contributed by atoms with E-state index in [2.05, 4.69) is 22.3 Å². The number of carbonyl (C=O) groups is 1. The molecular formula is C18H26N2O2. The van der Waals surface area contributed by atoms with E-state index >= 15 is 0 Å². The molecule has 2 aliphatic rings. The summed E-state index contributed by atoms with van der Waals surface area (Å²) in [5, 5.41) is 3.07. The number of anilines is 1. The quantitative estimate of drug-likeness (QED) is 0.909. The number of aryl methyl sites for hydroxylation is 1. The molecule has 1 atom stereocenters. The van der Waals surface area contributed by atoms with E-state index in [4.69, 9.17) is 4.74 Å². The number of rotatable bonds is 5. The zero-order chi connectivity index (χ0) is 15.4. The van der Waals surface area contributed by atoms with Crippen molar-refractivity contribution in [1.82, 2.24) is 5.32 Å². The van der Waals surface area contributed by atoms with Crippen LogP contribution in [0.15, 0.2) is 18.2 Å². The second-order valence-corrected chi connectivity index (χ2v) is 6.39. The van der Waals surface area contributed by atoms with Gasteiger partial charge in [0.05, 0.1) is 11.7 Å². The minimum Gasteiger partial charge on any atom is -0.378 e. The Bertz CT molecular complexity index is 518. The number of benzene rings is 1. The largest absolute Gasteiger partial charge is 0.378 e. The Hall–Kier alpha value is -1.55. The van der Waals surface area contributed by atoms with Gasteiger partial charge < -0.3 is 15.0 Å². The topological polar surface area (TPSA) is 41.6 Å². The lowest BCUT2D eigenvalue weighted by Gasteiger charge is -2.21. The van der Waals surface area contributed by atoms with Crippen LogP contribution in [0.2, 0.25) is 0 Å². The molecule has 2 heterocycles. The Morgan fingerprint density at radius 3 is 2.86 bits per heavy atom. The second kappa shape index (κ2) is 7.14. The fourth-order valence-corrected chi connectivity index (χ4v) is 3.38. The molecule has 4 heteroatoms. The third kappa shape index (κ3) is 3.61. The Morgan fingerprint density at radius 2 is 2.14 bits per heavy atom. The number of ether oxygens (including phenoxy) is 1. The van der Waals surface area contributed by atoms with Gasteiger partial charge in [-0.1, -0.05) is 11.6 Å². The highest BCUT2D eigenvalue weighted by Crippen LogP contribution is 2.25. The third-order valence-corrected chi connectivity index (χ3v) is 4.62. The zero-order valence-corrected chi connectivity index (χ0v) is 13.4. The average Bonchev–Trinajstić information content (AvgIpc) is 3.20. The molecule has 2 saturated heterocycles. The highest BCUT2D eigenvalue weighted by Gasteiger charge is 2.20. The number of hydrogen-bond acceptors (Lipinski definition) is 3. The van der Waals surface area contributed by atoms with Crippen LogP contribution >= 0.6 is 0 Å². The molecule has 0 spiro atoms. The summed E-state index contributed by atoms with van der Waals surface area (Å²) in [5.74, 6) is 0.0450. The molecule has 1 amide bonds. The van der Waals surface area contributed by atoms with Crippen molar-refractivity contribution in [3.05, 3.63) is 29.3 Å². The highest BCUT2D eigenvalue weighted by atomic mass is 16.5. The fourth-order valence-electron chi connectivity index (χ4n) is 3.38. The van der Waals surface area contributed by atoms with Gasteiger partial charge in [-0.3, -0.25) is 4.79 Å². The van der Waals surface area contributed by atoms with Gasteiger partial charge in [0, 0.05) is 31.9 Å². The van der Waals surface area contributed by atoms with Gasteiger partial charge >= 0.3 is 0 Å². The van der Waals surface area contributed by atoms with Gasteiger partial charge in [0.1, 0.15) is 0 Å². The van der Waals surface area contributed by atoms with E-state index in [0.717, 1.165) is 55.8 Å². The molecule has 1 N–H and O–H groups in total. The SMILES string of the molecule is Cc1ccc(N2CCCC2)c(C(=O)NCCC2CCCO2)c1. The van der Waals surface area contributed by atoms with Crippen molar-refractivity contribution < 1.29 is 9.53 Å². The van der Waals surface area contributed by atoms with Gasteiger partial charge in [0.2, 0.25) is 0 Å². The Morgan fingerprint density at radius 1 is 1.32 bits per heavy atom. The smallest absolute Gasteiger partial charge is 0.253 e. The maximum Gasteiger partial charge on any atom is 0.253 e. The monoisotopic (exact) mass is 302 g/mol. The van der Waals surface area contributed by atoms with Gasteiger partial charge in [-0.2, -0.15) is 0 Å². The number of amides is 1. The van der Waals surface area contributed by atoms with Crippen molar-refractivity contribution in [3.8, 4) is 0 Å². The van der Waals surface area contributed by atoms with Crippen molar-refractivity contribution in [2.24, 2.45) is 0 Å². The van der Waals surface area contributed by atoms with Crippen molar-refractivity contribution in [2.75, 3.05) is 31.1 Å². The molecule has 22 heavy (non-hydrogen) atoms. The molecule has 2 fully saturated rings. The molecule has 1 aromatic carbocycles. The molecule has 4 nitrogen and oxygen atoms in total. The van der Waals surface area contributed by atoms with Crippen LogP contribution in [0.25, 0.3) is 0 Å². The molecule has 1 unspecified atom stereocenters. The summed E-state index contributed by atoms with van der Waals surface area (Å²) in [5.41, 5.74) is 3.03. The van der Waals surface area contributed by atoms with Gasteiger partial charge in [-0.05, 0) is 51.2 Å². The van der Waals surface area contributed by atoms with Crippen LogP contribution in [0.4, 0.5) is 5.69 Å². The van der Waals surface area contributed by atoms with Gasteiger partial charge in [-0.25, -0.2) is 0 Å². The average molecular weight is 302 g/mol. The summed E-state index contributed by atoms with van der Waals surface area (Å²) >= 11 is 0. The lowest BCUT2D eigenvalue weighted by Crippen LogP contribution is -2.29. The van der Waals surface area contributed by atoms with E-state index in [-0.39, 0.29) is 5.91 Å². The minimum absolute atomic E-state index is 0.0450. The molecule has 120 valence electrons. The zero-order valence-electron chi connectivity index (χ0n) is 13.4. The van der Waals surface area contributed by atoms with Gasteiger partial charge in [0.25, 0.3) is 5.91 Å². The summed E-state index contributed by atoms with van der Waals surface area (Å²) in [6.07, 6.45) is 5.95. The number of nitrogens with zero attached hydrogens (tertiary/aromatic N) is 1. The molecule has 0 radical (unpaired) electrons. The van der Waals surface area contributed by atoms with Crippen LogP contribution < -0.4 is 10.2 Å². The molecule has 1 aromatic rings. The molecule has 3 rings (SSSR count). The summed E-state index contributed by atoms with van der Waals surface area (Å²) in [6, 6.07) is 6.20. The lowest BCUT2D eigenvalue weighted by atomic mass is 10.1. The molecule has 0 bridgehead atoms. The van der Waals surface area contributed by atoms with Crippen LogP contribution in [0.3, 0.4) is 0 Å². The number of nitrogens with one attached hydrogen (secondary N) is 1. The standard InChI is InChI=1S/C18H26N2O2/c1-14-6-7-17(20-10-2-3-11-20)16(13-14)18(21)19-9-8-15-5-4-12-22-15/h6-7,13,15H,2-5,8-12H2,1H3,(H,19,21). The van der Waals surface area contributed by atoms with Crippen LogP contribution in [-0.2, 0) is 4.74 Å². The summed E-state index contributed by atoms with van der Waals surface area (Å²) in [7, 11) is 0. The second-order valence-electron chi connectivity index (χ2n) is 6.39. The summed E-state index contributed by atoms with van der Waals surface area (Å²) < 4.78 is 5.61. The Balaban J connectivity index is 1.63. The maximum absolute atomic E-state index is 12.6. The van der Waals surface area contributed by atoms with Crippen molar-refractivity contribution in [1.29, 1.82) is 0 Å². The van der Waals surface area contributed by atoms with Gasteiger partial charge in [0.15, 0.2) is 0 Å². The van der Waals surface area contributed by atoms with Crippen molar-refractivity contribution in [3.63, 3.8) is 0 Å². The fraction of sp³-hybridized carbons (Fsp3) is 0.611. The first-order chi connectivity index (χ1) is 10.7. The van der Waals surface area contributed by atoms with E-state index in [1.54, 1.807) is 0 Å². The van der Waals surface area contributed by atoms with E-state index in [9.17, 15) is 4.79 Å². The predicted octanol–water partition coefficient (Wildman–Crippen LogP) is 2.89. The van der Waals surface area contributed by atoms with E-state index < -0.39 is 0 Å². The Kier molecular flexibility index (Phi) is 4.98. The number of carbonyl (C=O) groups excluding carboxylic acids is 1. The molecular weight excluding hydrogens is 276 g/mol. The predicted molar refractivity (Wildman–Crippen MR) is 88.6 cm³/mol. The van der Waals surface area contributed by atoms with Crippen LogP contribution in [0.5, 0.6) is 0 Å². The van der Waals surface area contributed by atoms with Gasteiger partial charge in [-0.15, -0.1) is 0 Å². The molecule has 2 aliphatic heterocycles. The Labute approximate surface area is 132 Å². The minimum atomic E-state index is 0.0450. The molecule has 0 aromatic heterocycles. The van der Waals surface area contributed by atoms with Crippen molar-refractivity contribution in [2.45, 2.75) is 45.1 Å². The van der Waals surface area contributed by atoms with Crippen LogP contribution in [-0.4, -0.2) is 38.3 Å². The first-order valence-corrected chi connectivity index (χ1v) is 8.49. The summed E-state index contributed by atoms with van der Waals surface area (Å²) in [6.45, 7) is 5.71. The molecule has 0 aliphatic carbocycles. The van der Waals surface area contributed by atoms with Crippen molar-refractivity contribution >= 4 is 11.6 Å². The van der Waals surface area contributed by atoms with Crippen LogP contribution in [0, 0.1) is 6.92 Å². The number of hydrogen-bond donors (Lipinski definition) is 1. The van der Waals surface area contributed by atoms with Crippen LogP contribution in [0.1, 0.15) is 48.0 Å². The first kappa shape index (κ1) is 15.3. The van der Waals surface area contributed by atoms with E-state index in [1.807, 2.05) is 13.0 Å². The maximum atomic E-state index is 12.6. The van der Waals surface area contributed by atoms with E-state index in [0.29, 0.717) is 12.6 Å². The molecule has 0 saturated carbocycles.